The van der Waals surface area contributed by atoms with Gasteiger partial charge in [0, 0.05) is 6.54 Å². The van der Waals surface area contributed by atoms with E-state index >= 15 is 0 Å². The molecule has 0 saturated carbocycles. The standard InChI is InChI=1S/C20H23F4N3O3S/c1-4-5-6-16-14(7-8-17(26-16)20(22,23)24)19(28)25-11-13-9-12(2)18(15(21)10-13)27-31(3,29)30/h7-10,27H,4-6,11H2,1-3H3,(H,25,28). The molecule has 1 aromatic heterocycles. The first-order chi connectivity index (χ1) is 14.3. The third-order valence-electron chi connectivity index (χ3n) is 4.36. The van der Waals surface area contributed by atoms with Gasteiger partial charge < -0.3 is 5.32 Å². The number of halogens is 4. The fourth-order valence-electron chi connectivity index (χ4n) is 2.91. The van der Waals surface area contributed by atoms with Crippen molar-refractivity contribution in [2.45, 2.75) is 45.8 Å². The van der Waals surface area contributed by atoms with Crippen LogP contribution in [-0.2, 0) is 29.2 Å². The number of hydrogen-bond donors (Lipinski definition) is 2. The van der Waals surface area contributed by atoms with Crippen molar-refractivity contribution in [2.24, 2.45) is 0 Å². The highest BCUT2D eigenvalue weighted by molar-refractivity contribution is 7.92. The van der Waals surface area contributed by atoms with Crippen LogP contribution in [0.5, 0.6) is 0 Å². The third-order valence-corrected chi connectivity index (χ3v) is 4.94. The van der Waals surface area contributed by atoms with Crippen LogP contribution in [0.1, 0.15) is 52.6 Å². The van der Waals surface area contributed by atoms with Crippen molar-refractivity contribution in [3.63, 3.8) is 0 Å². The largest absolute Gasteiger partial charge is 0.433 e. The van der Waals surface area contributed by atoms with E-state index in [4.69, 9.17) is 0 Å². The molecule has 2 rings (SSSR count). The number of nitrogens with one attached hydrogen (secondary N) is 2. The summed E-state index contributed by atoms with van der Waals surface area (Å²) in [4.78, 5) is 16.2. The van der Waals surface area contributed by atoms with Crippen molar-refractivity contribution < 1.29 is 30.8 Å². The van der Waals surface area contributed by atoms with Gasteiger partial charge in [0.1, 0.15) is 11.5 Å². The average molecular weight is 461 g/mol. The van der Waals surface area contributed by atoms with Crippen molar-refractivity contribution in [3.05, 3.63) is 58.2 Å². The minimum atomic E-state index is -4.62. The summed E-state index contributed by atoms with van der Waals surface area (Å²) in [7, 11) is -3.67. The number of hydrogen-bond acceptors (Lipinski definition) is 4. The van der Waals surface area contributed by atoms with E-state index in [0.29, 0.717) is 24.0 Å². The first-order valence-electron chi connectivity index (χ1n) is 9.44. The van der Waals surface area contributed by atoms with Gasteiger partial charge in [-0.3, -0.25) is 9.52 Å². The van der Waals surface area contributed by atoms with Crippen LogP contribution in [0.2, 0.25) is 0 Å². The maximum Gasteiger partial charge on any atom is 0.433 e. The lowest BCUT2D eigenvalue weighted by Gasteiger charge is -2.14. The topological polar surface area (TPSA) is 88.2 Å². The van der Waals surface area contributed by atoms with E-state index in [0.717, 1.165) is 24.5 Å². The van der Waals surface area contributed by atoms with Crippen LogP contribution < -0.4 is 10.0 Å². The minimum absolute atomic E-state index is 0.0222. The Morgan fingerprint density at radius 2 is 1.87 bits per heavy atom. The number of carbonyl (C=O) groups excluding carboxylic acids is 1. The Bertz CT molecular complexity index is 1050. The van der Waals surface area contributed by atoms with Crippen molar-refractivity contribution >= 4 is 21.6 Å². The fraction of sp³-hybridized carbons (Fsp3) is 0.400. The van der Waals surface area contributed by atoms with Gasteiger partial charge in [-0.25, -0.2) is 17.8 Å². The zero-order chi connectivity index (χ0) is 23.4. The molecule has 0 unspecified atom stereocenters. The van der Waals surface area contributed by atoms with Crippen LogP contribution in [0, 0.1) is 12.7 Å². The van der Waals surface area contributed by atoms with Gasteiger partial charge in [0.15, 0.2) is 0 Å². The highest BCUT2D eigenvalue weighted by Crippen LogP contribution is 2.29. The molecule has 0 bridgehead atoms. The highest BCUT2D eigenvalue weighted by Gasteiger charge is 2.33. The highest BCUT2D eigenvalue weighted by atomic mass is 32.2. The summed E-state index contributed by atoms with van der Waals surface area (Å²) in [6, 6.07) is 4.41. The van der Waals surface area contributed by atoms with Crippen LogP contribution in [0.15, 0.2) is 24.3 Å². The number of carbonyl (C=O) groups is 1. The number of benzene rings is 1. The predicted octanol–water partition coefficient (Wildman–Crippen LogP) is 4.19. The SMILES string of the molecule is CCCCc1nc(C(F)(F)F)ccc1C(=O)NCc1cc(C)c(NS(C)(=O)=O)c(F)c1. The second-order valence-electron chi connectivity index (χ2n) is 7.12. The van der Waals surface area contributed by atoms with E-state index in [1.54, 1.807) is 0 Å². The summed E-state index contributed by atoms with van der Waals surface area (Å²) in [5, 5.41) is 2.55. The maximum absolute atomic E-state index is 14.3. The Balaban J connectivity index is 2.22. The first-order valence-corrected chi connectivity index (χ1v) is 11.3. The molecule has 1 heterocycles. The molecular weight excluding hydrogens is 438 g/mol. The smallest absolute Gasteiger partial charge is 0.348 e. The molecule has 31 heavy (non-hydrogen) atoms. The molecule has 6 nitrogen and oxygen atoms in total. The van der Waals surface area contributed by atoms with E-state index in [9.17, 15) is 30.8 Å². The lowest BCUT2D eigenvalue weighted by molar-refractivity contribution is -0.141. The molecule has 11 heteroatoms. The number of aryl methyl sites for hydroxylation is 2. The molecule has 0 radical (unpaired) electrons. The van der Waals surface area contributed by atoms with Crippen molar-refractivity contribution in [2.75, 3.05) is 11.0 Å². The Morgan fingerprint density at radius 3 is 2.42 bits per heavy atom. The molecule has 170 valence electrons. The molecule has 0 aliphatic carbocycles. The number of nitrogens with zero attached hydrogens (tertiary/aromatic N) is 1. The lowest BCUT2D eigenvalue weighted by atomic mass is 10.1. The number of aromatic nitrogens is 1. The number of pyridine rings is 1. The van der Waals surface area contributed by atoms with Gasteiger partial charge in [-0.2, -0.15) is 13.2 Å². The van der Waals surface area contributed by atoms with Gasteiger partial charge in [0.25, 0.3) is 5.91 Å². The number of anilines is 1. The van der Waals surface area contributed by atoms with Crippen molar-refractivity contribution in [1.82, 2.24) is 10.3 Å². The van der Waals surface area contributed by atoms with E-state index in [2.05, 4.69) is 15.0 Å². The van der Waals surface area contributed by atoms with Crippen LogP contribution in [0.25, 0.3) is 0 Å². The lowest BCUT2D eigenvalue weighted by Crippen LogP contribution is -2.25. The van der Waals surface area contributed by atoms with Crippen LogP contribution >= 0.6 is 0 Å². The summed E-state index contributed by atoms with van der Waals surface area (Å²) in [6.45, 7) is 3.26. The molecule has 1 aromatic carbocycles. The Morgan fingerprint density at radius 1 is 1.19 bits per heavy atom. The normalized spacial score (nSPS) is 12.0. The van der Waals surface area contributed by atoms with Gasteiger partial charge in [-0.1, -0.05) is 19.4 Å². The molecule has 0 spiro atoms. The second-order valence-corrected chi connectivity index (χ2v) is 8.87. The van der Waals surface area contributed by atoms with Gasteiger partial charge in [-0.05, 0) is 49.1 Å². The fourth-order valence-corrected chi connectivity index (χ4v) is 3.54. The average Bonchev–Trinajstić information content (AvgIpc) is 2.65. The van der Waals surface area contributed by atoms with E-state index in [-0.39, 0.29) is 29.9 Å². The van der Waals surface area contributed by atoms with E-state index in [1.165, 1.54) is 13.0 Å². The molecule has 1 amide bonds. The van der Waals surface area contributed by atoms with Crippen LogP contribution in [0.3, 0.4) is 0 Å². The summed E-state index contributed by atoms with van der Waals surface area (Å²) in [5.41, 5.74) is -0.515. The van der Waals surface area contributed by atoms with Gasteiger partial charge >= 0.3 is 6.18 Å². The molecule has 0 atom stereocenters. The maximum atomic E-state index is 14.3. The van der Waals surface area contributed by atoms with Gasteiger partial charge in [-0.15, -0.1) is 0 Å². The zero-order valence-electron chi connectivity index (χ0n) is 17.2. The summed E-state index contributed by atoms with van der Waals surface area (Å²) >= 11 is 0. The molecule has 2 N–H and O–H groups in total. The number of unbranched alkanes of at least 4 members (excludes halogenated alkanes) is 1. The Labute approximate surface area is 178 Å². The summed E-state index contributed by atoms with van der Waals surface area (Å²) in [6.07, 6.45) is -2.23. The number of alkyl halides is 3. The van der Waals surface area contributed by atoms with Crippen LogP contribution in [0.4, 0.5) is 23.2 Å². The minimum Gasteiger partial charge on any atom is -0.348 e. The Hall–Kier alpha value is -2.69. The number of amides is 1. The second kappa shape index (κ2) is 9.63. The predicted molar refractivity (Wildman–Crippen MR) is 109 cm³/mol. The van der Waals surface area contributed by atoms with Gasteiger partial charge in [0.05, 0.1) is 23.2 Å². The third kappa shape index (κ3) is 6.91. The molecule has 0 aliphatic rings. The number of sulfonamides is 1. The zero-order valence-corrected chi connectivity index (χ0v) is 18.0. The van der Waals surface area contributed by atoms with Crippen molar-refractivity contribution in [1.29, 1.82) is 0 Å². The van der Waals surface area contributed by atoms with Gasteiger partial charge in [0.2, 0.25) is 10.0 Å². The van der Waals surface area contributed by atoms with Crippen molar-refractivity contribution in [3.8, 4) is 0 Å². The molecule has 2 aromatic rings. The molecule has 0 aliphatic heterocycles. The Kier molecular flexibility index (Phi) is 7.63. The monoisotopic (exact) mass is 461 g/mol. The number of rotatable bonds is 8. The molecule has 0 saturated heterocycles. The molecule has 0 fully saturated rings. The summed E-state index contributed by atoms with van der Waals surface area (Å²) < 4.78 is 78.0. The van der Waals surface area contributed by atoms with Crippen LogP contribution in [-0.4, -0.2) is 25.6 Å². The van der Waals surface area contributed by atoms with E-state index < -0.39 is 33.6 Å². The first kappa shape index (κ1) is 24.6. The van der Waals surface area contributed by atoms with E-state index in [1.807, 2.05) is 6.92 Å². The molecular formula is C20H23F4N3O3S. The quantitative estimate of drug-likeness (QED) is 0.577. The summed E-state index contributed by atoms with van der Waals surface area (Å²) in [5.74, 6) is -1.45.